The number of ketones is 1. The van der Waals surface area contributed by atoms with Crippen LogP contribution in [0.15, 0.2) is 12.1 Å². The molecule has 1 atom stereocenters. The number of ether oxygens (including phenoxy) is 3. The van der Waals surface area contributed by atoms with Crippen LogP contribution in [0.3, 0.4) is 0 Å². The van der Waals surface area contributed by atoms with Gasteiger partial charge in [-0.3, -0.25) is 9.69 Å². The molecule has 0 amide bonds. The summed E-state index contributed by atoms with van der Waals surface area (Å²) in [6.07, 6.45) is 1.07. The molecule has 22 heavy (non-hydrogen) atoms. The van der Waals surface area contributed by atoms with E-state index in [1.54, 1.807) is 21.3 Å². The van der Waals surface area contributed by atoms with Crippen molar-refractivity contribution in [3.63, 3.8) is 0 Å². The van der Waals surface area contributed by atoms with Crippen LogP contribution in [0.2, 0.25) is 0 Å². The average molecular weight is 307 g/mol. The van der Waals surface area contributed by atoms with E-state index in [-0.39, 0.29) is 17.4 Å². The van der Waals surface area contributed by atoms with Crippen molar-refractivity contribution in [2.75, 3.05) is 28.4 Å². The zero-order valence-corrected chi connectivity index (χ0v) is 14.2. The van der Waals surface area contributed by atoms with E-state index in [4.69, 9.17) is 14.2 Å². The minimum absolute atomic E-state index is 0.00459. The highest BCUT2D eigenvalue weighted by atomic mass is 16.5. The Bertz CT molecular complexity index is 543. The van der Waals surface area contributed by atoms with E-state index in [0.29, 0.717) is 30.1 Å². The Morgan fingerprint density at radius 2 is 1.64 bits per heavy atom. The van der Waals surface area contributed by atoms with Gasteiger partial charge in [0.25, 0.3) is 0 Å². The zero-order chi connectivity index (χ0) is 16.5. The van der Waals surface area contributed by atoms with Crippen molar-refractivity contribution in [1.82, 2.24) is 4.90 Å². The summed E-state index contributed by atoms with van der Waals surface area (Å²) in [5.74, 6) is 2.07. The normalized spacial score (nSPS) is 21.5. The van der Waals surface area contributed by atoms with Crippen molar-refractivity contribution in [2.45, 2.75) is 38.3 Å². The van der Waals surface area contributed by atoms with E-state index in [1.165, 1.54) is 0 Å². The summed E-state index contributed by atoms with van der Waals surface area (Å²) in [6.45, 7) is 4.18. The lowest BCUT2D eigenvalue weighted by atomic mass is 9.83. The molecule has 1 aromatic rings. The highest BCUT2D eigenvalue weighted by Gasteiger charge is 2.39. The number of hydrogen-bond acceptors (Lipinski definition) is 5. The van der Waals surface area contributed by atoms with E-state index in [9.17, 15) is 4.79 Å². The Labute approximate surface area is 132 Å². The molecule has 1 aliphatic heterocycles. The maximum atomic E-state index is 12.1. The van der Waals surface area contributed by atoms with Crippen LogP contribution in [0.5, 0.6) is 17.2 Å². The van der Waals surface area contributed by atoms with Crippen LogP contribution >= 0.6 is 0 Å². The van der Waals surface area contributed by atoms with Gasteiger partial charge in [0.1, 0.15) is 5.78 Å². The lowest BCUT2D eigenvalue weighted by molar-refractivity contribution is -0.127. The number of rotatable bonds is 4. The van der Waals surface area contributed by atoms with Crippen molar-refractivity contribution < 1.29 is 19.0 Å². The molecule has 0 saturated carbocycles. The molecule has 1 aromatic carbocycles. The van der Waals surface area contributed by atoms with Crippen LogP contribution in [0.25, 0.3) is 0 Å². The van der Waals surface area contributed by atoms with Crippen LogP contribution in [0.1, 0.15) is 38.3 Å². The zero-order valence-electron chi connectivity index (χ0n) is 14.2. The molecule has 2 rings (SSSR count). The van der Waals surface area contributed by atoms with Gasteiger partial charge in [-0.15, -0.1) is 0 Å². The quantitative estimate of drug-likeness (QED) is 0.856. The van der Waals surface area contributed by atoms with Crippen molar-refractivity contribution in [3.05, 3.63) is 17.7 Å². The number of methoxy groups -OCH3 is 3. The standard InChI is InChI=1S/C17H25NO4/c1-17(2)10-12(19)9-13(18(17)3)11-7-14(20-4)16(22-6)15(8-11)21-5/h7-8,13H,9-10H2,1-6H3. The molecule has 0 bridgehead atoms. The number of carbonyl (C=O) groups is 1. The molecule has 0 N–H and O–H groups in total. The van der Waals surface area contributed by atoms with Gasteiger partial charge in [-0.05, 0) is 38.6 Å². The molecule has 1 heterocycles. The van der Waals surface area contributed by atoms with E-state index in [0.717, 1.165) is 5.56 Å². The number of hydrogen-bond donors (Lipinski definition) is 0. The molecular weight excluding hydrogens is 282 g/mol. The molecule has 1 saturated heterocycles. The summed E-state index contributed by atoms with van der Waals surface area (Å²) in [7, 11) is 6.83. The van der Waals surface area contributed by atoms with Crippen molar-refractivity contribution in [1.29, 1.82) is 0 Å². The second-order valence-corrected chi connectivity index (χ2v) is 6.32. The Morgan fingerprint density at radius 1 is 1.09 bits per heavy atom. The highest BCUT2D eigenvalue weighted by molar-refractivity contribution is 5.81. The van der Waals surface area contributed by atoms with Gasteiger partial charge < -0.3 is 14.2 Å². The van der Waals surface area contributed by atoms with Gasteiger partial charge in [0, 0.05) is 24.4 Å². The molecule has 0 aliphatic carbocycles. The summed E-state index contributed by atoms with van der Waals surface area (Å²) in [4.78, 5) is 14.4. The Hall–Kier alpha value is -1.75. The molecular formula is C17H25NO4. The topological polar surface area (TPSA) is 48.0 Å². The first-order valence-corrected chi connectivity index (χ1v) is 7.38. The molecule has 0 aromatic heterocycles. The first-order valence-electron chi connectivity index (χ1n) is 7.38. The maximum Gasteiger partial charge on any atom is 0.203 e. The van der Waals surface area contributed by atoms with Crippen LogP contribution in [-0.4, -0.2) is 44.6 Å². The van der Waals surface area contributed by atoms with Gasteiger partial charge in [-0.25, -0.2) is 0 Å². The minimum atomic E-state index is -0.166. The molecule has 122 valence electrons. The first kappa shape index (κ1) is 16.6. The number of carbonyl (C=O) groups excluding carboxylic acids is 1. The van der Waals surface area contributed by atoms with E-state index >= 15 is 0 Å². The molecule has 1 fully saturated rings. The lowest BCUT2D eigenvalue weighted by Crippen LogP contribution is -2.49. The predicted molar refractivity (Wildman–Crippen MR) is 84.9 cm³/mol. The third-order valence-corrected chi connectivity index (χ3v) is 4.54. The van der Waals surface area contributed by atoms with Gasteiger partial charge in [0.2, 0.25) is 5.75 Å². The summed E-state index contributed by atoms with van der Waals surface area (Å²) in [5, 5.41) is 0. The van der Waals surface area contributed by atoms with Crippen LogP contribution < -0.4 is 14.2 Å². The molecule has 0 spiro atoms. The SMILES string of the molecule is COc1cc(C2CC(=O)CC(C)(C)N2C)cc(OC)c1OC. The van der Waals surface area contributed by atoms with E-state index < -0.39 is 0 Å². The number of piperidine rings is 1. The number of Topliss-reactive ketones (excluding diaryl/α,β-unsaturated/α-hetero) is 1. The van der Waals surface area contributed by atoms with E-state index in [1.807, 2.05) is 12.1 Å². The molecule has 5 heteroatoms. The highest BCUT2D eigenvalue weighted by Crippen LogP contribution is 2.44. The molecule has 1 unspecified atom stereocenters. The molecule has 0 radical (unpaired) electrons. The van der Waals surface area contributed by atoms with Crippen LogP contribution in [-0.2, 0) is 4.79 Å². The third kappa shape index (κ3) is 2.90. The lowest BCUT2D eigenvalue weighted by Gasteiger charge is -2.45. The number of benzene rings is 1. The Balaban J connectivity index is 2.49. The second-order valence-electron chi connectivity index (χ2n) is 6.32. The van der Waals surface area contributed by atoms with Gasteiger partial charge >= 0.3 is 0 Å². The average Bonchev–Trinajstić information content (AvgIpc) is 2.48. The smallest absolute Gasteiger partial charge is 0.203 e. The minimum Gasteiger partial charge on any atom is -0.493 e. The predicted octanol–water partition coefficient (Wildman–Crippen LogP) is 2.83. The molecule has 5 nitrogen and oxygen atoms in total. The largest absolute Gasteiger partial charge is 0.493 e. The summed E-state index contributed by atoms with van der Waals surface area (Å²) in [6, 6.07) is 3.86. The first-order chi connectivity index (χ1) is 10.3. The Kier molecular flexibility index (Phi) is 4.66. The Morgan fingerprint density at radius 3 is 2.09 bits per heavy atom. The van der Waals surface area contributed by atoms with Crippen LogP contribution in [0, 0.1) is 0 Å². The van der Waals surface area contributed by atoms with E-state index in [2.05, 4.69) is 25.8 Å². The van der Waals surface area contributed by atoms with Gasteiger partial charge in [-0.2, -0.15) is 0 Å². The van der Waals surface area contributed by atoms with Crippen LogP contribution in [0.4, 0.5) is 0 Å². The van der Waals surface area contributed by atoms with Gasteiger partial charge in [-0.1, -0.05) is 0 Å². The van der Waals surface area contributed by atoms with Crippen molar-refractivity contribution in [2.24, 2.45) is 0 Å². The fourth-order valence-corrected chi connectivity index (χ4v) is 3.09. The van der Waals surface area contributed by atoms with Crippen molar-refractivity contribution >= 4 is 5.78 Å². The fraction of sp³-hybridized carbons (Fsp3) is 0.588. The summed E-state index contributed by atoms with van der Waals surface area (Å²) >= 11 is 0. The number of likely N-dealkylation sites (tertiary alicyclic amines) is 1. The number of nitrogens with zero attached hydrogens (tertiary/aromatic N) is 1. The summed E-state index contributed by atoms with van der Waals surface area (Å²) < 4.78 is 16.2. The monoisotopic (exact) mass is 307 g/mol. The van der Waals surface area contributed by atoms with Gasteiger partial charge in [0.05, 0.1) is 21.3 Å². The third-order valence-electron chi connectivity index (χ3n) is 4.54. The second kappa shape index (κ2) is 6.16. The fourth-order valence-electron chi connectivity index (χ4n) is 3.09. The van der Waals surface area contributed by atoms with Gasteiger partial charge in [0.15, 0.2) is 11.5 Å². The maximum absolute atomic E-state index is 12.1. The molecule has 1 aliphatic rings. The van der Waals surface area contributed by atoms with Crippen molar-refractivity contribution in [3.8, 4) is 17.2 Å². The summed E-state index contributed by atoms with van der Waals surface area (Å²) in [5.41, 5.74) is 0.832.